The number of nitrogen functional groups attached to an aromatic ring is 1. The fourth-order valence-electron chi connectivity index (χ4n) is 2.05. The summed E-state index contributed by atoms with van der Waals surface area (Å²) in [6.45, 7) is 5.66. The third-order valence-corrected chi connectivity index (χ3v) is 4.44. The molecule has 0 aliphatic carbocycles. The first-order valence-corrected chi connectivity index (χ1v) is 7.74. The van der Waals surface area contributed by atoms with Crippen LogP contribution in [0.5, 0.6) is 0 Å². The van der Waals surface area contributed by atoms with E-state index in [0.29, 0.717) is 11.4 Å². The molecule has 0 heterocycles. The van der Waals surface area contributed by atoms with Crippen LogP contribution in [-0.2, 0) is 10.0 Å². The van der Waals surface area contributed by atoms with Gasteiger partial charge in [0.1, 0.15) is 0 Å². The lowest BCUT2D eigenvalue weighted by Gasteiger charge is -2.14. The van der Waals surface area contributed by atoms with Crippen molar-refractivity contribution in [2.45, 2.75) is 25.7 Å². The largest absolute Gasteiger partial charge is 0.397 e. The first-order chi connectivity index (χ1) is 9.29. The summed E-state index contributed by atoms with van der Waals surface area (Å²) in [5.41, 5.74) is 9.59. The van der Waals surface area contributed by atoms with Gasteiger partial charge in [-0.2, -0.15) is 0 Å². The SMILES string of the molecule is Cc1ccc(S(=O)(=O)Nc2c(C)cc(C)cc2N)cc1. The molecule has 3 N–H and O–H groups in total. The minimum absolute atomic E-state index is 0.225. The van der Waals surface area contributed by atoms with Crippen LogP contribution >= 0.6 is 0 Å². The van der Waals surface area contributed by atoms with Crippen molar-refractivity contribution in [3.63, 3.8) is 0 Å². The Hall–Kier alpha value is -2.01. The van der Waals surface area contributed by atoms with Crippen LogP contribution in [0.4, 0.5) is 11.4 Å². The summed E-state index contributed by atoms with van der Waals surface area (Å²) in [6.07, 6.45) is 0. The predicted octanol–water partition coefficient (Wildman–Crippen LogP) is 2.99. The van der Waals surface area contributed by atoms with Crippen LogP contribution in [0.25, 0.3) is 0 Å². The summed E-state index contributed by atoms with van der Waals surface area (Å²) in [6, 6.07) is 10.3. The van der Waals surface area contributed by atoms with Crippen LogP contribution in [0.15, 0.2) is 41.3 Å². The average molecular weight is 290 g/mol. The predicted molar refractivity (Wildman–Crippen MR) is 82.3 cm³/mol. The Bertz CT molecular complexity index is 712. The number of benzene rings is 2. The van der Waals surface area contributed by atoms with E-state index >= 15 is 0 Å². The summed E-state index contributed by atoms with van der Waals surface area (Å²) in [5, 5.41) is 0. The van der Waals surface area contributed by atoms with Crippen molar-refractivity contribution in [3.05, 3.63) is 53.1 Å². The van der Waals surface area contributed by atoms with E-state index in [0.717, 1.165) is 16.7 Å². The average Bonchev–Trinajstić information content (AvgIpc) is 2.34. The zero-order chi connectivity index (χ0) is 14.9. The van der Waals surface area contributed by atoms with Crippen molar-refractivity contribution in [2.24, 2.45) is 0 Å². The normalized spacial score (nSPS) is 11.3. The van der Waals surface area contributed by atoms with Gasteiger partial charge in [-0.3, -0.25) is 4.72 Å². The monoisotopic (exact) mass is 290 g/mol. The van der Waals surface area contributed by atoms with Gasteiger partial charge < -0.3 is 5.73 Å². The minimum Gasteiger partial charge on any atom is -0.397 e. The molecule has 0 atom stereocenters. The molecule has 0 saturated carbocycles. The van der Waals surface area contributed by atoms with Crippen LogP contribution < -0.4 is 10.5 Å². The second-order valence-corrected chi connectivity index (χ2v) is 6.65. The van der Waals surface area contributed by atoms with E-state index in [1.165, 1.54) is 0 Å². The van der Waals surface area contributed by atoms with Gasteiger partial charge in [0.05, 0.1) is 16.3 Å². The van der Waals surface area contributed by atoms with Gasteiger partial charge in [0, 0.05) is 0 Å². The second kappa shape index (κ2) is 5.17. The lowest BCUT2D eigenvalue weighted by molar-refractivity contribution is 0.601. The standard InChI is InChI=1S/C15H18N2O2S/c1-10-4-6-13(7-5-10)20(18,19)17-15-12(3)8-11(2)9-14(15)16/h4-9,17H,16H2,1-3H3. The summed E-state index contributed by atoms with van der Waals surface area (Å²) < 4.78 is 27.2. The van der Waals surface area contributed by atoms with Gasteiger partial charge in [0.15, 0.2) is 0 Å². The molecule has 0 saturated heterocycles. The Morgan fingerprint density at radius 2 is 1.55 bits per heavy atom. The fraction of sp³-hybridized carbons (Fsp3) is 0.200. The molecule has 5 heteroatoms. The van der Waals surface area contributed by atoms with Gasteiger partial charge in [-0.15, -0.1) is 0 Å². The van der Waals surface area contributed by atoms with E-state index in [2.05, 4.69) is 4.72 Å². The summed E-state index contributed by atoms with van der Waals surface area (Å²) >= 11 is 0. The topological polar surface area (TPSA) is 72.2 Å². The van der Waals surface area contributed by atoms with Gasteiger partial charge in [0.25, 0.3) is 10.0 Å². The number of hydrogen-bond donors (Lipinski definition) is 2. The van der Waals surface area contributed by atoms with Crippen molar-refractivity contribution in [1.82, 2.24) is 0 Å². The number of rotatable bonds is 3. The zero-order valence-corrected chi connectivity index (χ0v) is 12.6. The van der Waals surface area contributed by atoms with E-state index in [-0.39, 0.29) is 4.90 Å². The third kappa shape index (κ3) is 2.93. The molecular formula is C15H18N2O2S. The zero-order valence-electron chi connectivity index (χ0n) is 11.8. The number of nitrogens with two attached hydrogens (primary N) is 1. The van der Waals surface area contributed by atoms with Crippen LogP contribution in [0, 0.1) is 20.8 Å². The lowest BCUT2D eigenvalue weighted by Crippen LogP contribution is -2.15. The molecule has 4 nitrogen and oxygen atoms in total. The summed E-state index contributed by atoms with van der Waals surface area (Å²) in [7, 11) is -3.62. The second-order valence-electron chi connectivity index (χ2n) is 4.96. The maximum absolute atomic E-state index is 12.3. The molecule has 0 spiro atoms. The Labute approximate surface area is 119 Å². The third-order valence-electron chi connectivity index (χ3n) is 3.08. The molecule has 0 radical (unpaired) electrons. The van der Waals surface area contributed by atoms with Crippen LogP contribution in [0.2, 0.25) is 0 Å². The Kier molecular flexibility index (Phi) is 3.72. The molecule has 0 aliphatic heterocycles. The number of nitrogens with one attached hydrogen (secondary N) is 1. The Morgan fingerprint density at radius 1 is 0.950 bits per heavy atom. The maximum atomic E-state index is 12.3. The van der Waals surface area contributed by atoms with Gasteiger partial charge >= 0.3 is 0 Å². The number of sulfonamides is 1. The van der Waals surface area contributed by atoms with E-state index in [9.17, 15) is 8.42 Å². The molecule has 0 amide bonds. The van der Waals surface area contributed by atoms with Crippen molar-refractivity contribution in [2.75, 3.05) is 10.5 Å². The van der Waals surface area contributed by atoms with Gasteiger partial charge in [0.2, 0.25) is 0 Å². The van der Waals surface area contributed by atoms with E-state index < -0.39 is 10.0 Å². The van der Waals surface area contributed by atoms with Gasteiger partial charge in [-0.05, 0) is 50.1 Å². The lowest BCUT2D eigenvalue weighted by atomic mass is 10.1. The molecule has 0 aromatic heterocycles. The molecule has 0 fully saturated rings. The maximum Gasteiger partial charge on any atom is 0.261 e. The van der Waals surface area contributed by atoms with Crippen LogP contribution in [0.3, 0.4) is 0 Å². The van der Waals surface area contributed by atoms with Gasteiger partial charge in [-0.1, -0.05) is 23.8 Å². The van der Waals surface area contributed by atoms with Crippen molar-refractivity contribution >= 4 is 21.4 Å². The van der Waals surface area contributed by atoms with Crippen LogP contribution in [0.1, 0.15) is 16.7 Å². The Balaban J connectivity index is 2.41. The van der Waals surface area contributed by atoms with E-state index in [1.54, 1.807) is 30.3 Å². The summed E-state index contributed by atoms with van der Waals surface area (Å²) in [5.74, 6) is 0. The Morgan fingerprint density at radius 3 is 2.10 bits per heavy atom. The first-order valence-electron chi connectivity index (χ1n) is 6.26. The molecule has 0 unspecified atom stereocenters. The molecule has 0 bridgehead atoms. The minimum atomic E-state index is -3.62. The highest BCUT2D eigenvalue weighted by atomic mass is 32.2. The number of aryl methyl sites for hydroxylation is 3. The highest BCUT2D eigenvalue weighted by Crippen LogP contribution is 2.27. The van der Waals surface area contributed by atoms with Crippen molar-refractivity contribution in [1.29, 1.82) is 0 Å². The highest BCUT2D eigenvalue weighted by molar-refractivity contribution is 7.92. The van der Waals surface area contributed by atoms with E-state index in [1.807, 2.05) is 26.8 Å². The molecule has 2 aromatic rings. The van der Waals surface area contributed by atoms with Crippen molar-refractivity contribution < 1.29 is 8.42 Å². The van der Waals surface area contributed by atoms with Crippen LogP contribution in [-0.4, -0.2) is 8.42 Å². The summed E-state index contributed by atoms with van der Waals surface area (Å²) in [4.78, 5) is 0.225. The first kappa shape index (κ1) is 14.4. The number of anilines is 2. The highest BCUT2D eigenvalue weighted by Gasteiger charge is 2.16. The van der Waals surface area contributed by atoms with Gasteiger partial charge in [-0.25, -0.2) is 8.42 Å². The molecule has 2 rings (SSSR count). The fourth-order valence-corrected chi connectivity index (χ4v) is 3.21. The molecule has 20 heavy (non-hydrogen) atoms. The smallest absolute Gasteiger partial charge is 0.261 e. The molecule has 2 aromatic carbocycles. The van der Waals surface area contributed by atoms with E-state index in [4.69, 9.17) is 5.73 Å². The molecular weight excluding hydrogens is 272 g/mol. The molecule has 106 valence electrons. The van der Waals surface area contributed by atoms with Crippen molar-refractivity contribution in [3.8, 4) is 0 Å². The quantitative estimate of drug-likeness (QED) is 0.854. The molecule has 0 aliphatic rings. The number of hydrogen-bond acceptors (Lipinski definition) is 3.